The van der Waals surface area contributed by atoms with Crippen LogP contribution in [0.1, 0.15) is 49.9 Å². The van der Waals surface area contributed by atoms with Gasteiger partial charge in [-0.05, 0) is 57.2 Å². The van der Waals surface area contributed by atoms with Gasteiger partial charge in [0.25, 0.3) is 0 Å². The van der Waals surface area contributed by atoms with Gasteiger partial charge in [0.1, 0.15) is 23.4 Å². The van der Waals surface area contributed by atoms with Gasteiger partial charge in [-0.15, -0.1) is 0 Å². The lowest BCUT2D eigenvalue weighted by atomic mass is 10.1. The number of imidazole rings is 2. The number of sulfone groups is 1. The van der Waals surface area contributed by atoms with E-state index in [1.54, 1.807) is 24.7 Å². The number of Topliss-reactive ketones (excluding diaryl/α,β-unsaturated/α-hetero) is 1. The molecule has 1 aromatic carbocycles. The Bertz CT molecular complexity index is 1680. The Morgan fingerprint density at radius 3 is 2.62 bits per heavy atom. The van der Waals surface area contributed by atoms with Crippen molar-refractivity contribution in [3.05, 3.63) is 48.3 Å². The lowest BCUT2D eigenvalue weighted by Crippen LogP contribution is -2.19. The summed E-state index contributed by atoms with van der Waals surface area (Å²) >= 11 is 0. The van der Waals surface area contributed by atoms with E-state index < -0.39 is 9.84 Å². The van der Waals surface area contributed by atoms with Gasteiger partial charge in [-0.3, -0.25) is 9.36 Å². The Balaban J connectivity index is 1.47. The van der Waals surface area contributed by atoms with Gasteiger partial charge in [0.2, 0.25) is 0 Å². The number of pyridine rings is 1. The molecule has 6 rings (SSSR count). The molecule has 4 heterocycles. The number of carbonyl (C=O) groups is 1. The van der Waals surface area contributed by atoms with Crippen LogP contribution in [0, 0.1) is 12.8 Å². The summed E-state index contributed by atoms with van der Waals surface area (Å²) in [5.41, 5.74) is 4.46. The van der Waals surface area contributed by atoms with Gasteiger partial charge in [-0.2, -0.15) is 0 Å². The molecule has 11 heteroatoms. The van der Waals surface area contributed by atoms with Crippen LogP contribution in [0.3, 0.4) is 0 Å². The molecule has 1 saturated heterocycles. The number of nitrogens with one attached hydrogen (secondary N) is 1. The molecule has 3 aromatic heterocycles. The molecule has 0 radical (unpaired) electrons. The second-order valence-corrected chi connectivity index (χ2v) is 12.6. The van der Waals surface area contributed by atoms with Gasteiger partial charge < -0.3 is 14.6 Å². The highest BCUT2D eigenvalue weighted by Crippen LogP contribution is 2.36. The zero-order chi connectivity index (χ0) is 27.3. The van der Waals surface area contributed by atoms with Crippen LogP contribution >= 0.6 is 0 Å². The average molecular weight is 549 g/mol. The number of anilines is 2. The first-order chi connectivity index (χ1) is 18.7. The molecule has 1 unspecified atom stereocenters. The lowest BCUT2D eigenvalue weighted by Gasteiger charge is -2.25. The number of aromatic nitrogens is 5. The molecule has 2 fully saturated rings. The van der Waals surface area contributed by atoms with Crippen LogP contribution in [0.15, 0.2) is 41.7 Å². The van der Waals surface area contributed by atoms with Gasteiger partial charge in [-0.1, -0.05) is 6.07 Å². The number of ketones is 1. The maximum Gasteiger partial charge on any atom is 0.177 e. The predicted octanol–water partition coefficient (Wildman–Crippen LogP) is 4.51. The second-order valence-electron chi connectivity index (χ2n) is 10.6. The highest BCUT2D eigenvalue weighted by molar-refractivity contribution is 7.90. The summed E-state index contributed by atoms with van der Waals surface area (Å²) in [6.45, 7) is 2.60. The van der Waals surface area contributed by atoms with Crippen molar-refractivity contribution in [2.24, 2.45) is 13.0 Å². The molecule has 1 N–H and O–H groups in total. The van der Waals surface area contributed by atoms with E-state index >= 15 is 0 Å². The van der Waals surface area contributed by atoms with Crippen molar-refractivity contribution in [1.82, 2.24) is 24.1 Å². The van der Waals surface area contributed by atoms with Crippen LogP contribution in [0.25, 0.3) is 22.4 Å². The Kier molecular flexibility index (Phi) is 6.50. The maximum atomic E-state index is 12.9. The fourth-order valence-corrected chi connectivity index (χ4v) is 6.14. The van der Waals surface area contributed by atoms with Crippen LogP contribution in [0.5, 0.6) is 0 Å². The lowest BCUT2D eigenvalue weighted by molar-refractivity contribution is -0.119. The van der Waals surface area contributed by atoms with Gasteiger partial charge in [-0.25, -0.2) is 23.4 Å². The highest BCUT2D eigenvalue weighted by Gasteiger charge is 2.30. The number of hydrogen-bond acceptors (Lipinski definition) is 8. The van der Waals surface area contributed by atoms with Crippen molar-refractivity contribution < 1.29 is 17.9 Å². The number of aryl methyl sites for hydroxylation is 2. The molecule has 0 amide bonds. The molecule has 0 spiro atoms. The molecule has 1 saturated carbocycles. The summed E-state index contributed by atoms with van der Waals surface area (Å²) < 4.78 is 35.8. The van der Waals surface area contributed by atoms with Crippen LogP contribution in [-0.2, 0) is 32.8 Å². The van der Waals surface area contributed by atoms with Gasteiger partial charge in [0.15, 0.2) is 15.5 Å². The van der Waals surface area contributed by atoms with E-state index in [4.69, 9.17) is 14.7 Å². The first-order valence-corrected chi connectivity index (χ1v) is 15.2. The number of rotatable bonds is 8. The van der Waals surface area contributed by atoms with E-state index in [1.807, 2.05) is 35.2 Å². The Morgan fingerprint density at radius 2 is 1.95 bits per heavy atom. The van der Waals surface area contributed by atoms with Gasteiger partial charge in [0, 0.05) is 37.8 Å². The first-order valence-electron chi connectivity index (χ1n) is 13.3. The van der Waals surface area contributed by atoms with Crippen molar-refractivity contribution in [1.29, 1.82) is 0 Å². The summed E-state index contributed by atoms with van der Waals surface area (Å²) in [6.07, 6.45) is 9.41. The van der Waals surface area contributed by atoms with E-state index in [-0.39, 0.29) is 29.2 Å². The van der Waals surface area contributed by atoms with Crippen LogP contribution < -0.4 is 5.32 Å². The number of hydrogen-bond donors (Lipinski definition) is 1. The van der Waals surface area contributed by atoms with Crippen molar-refractivity contribution >= 4 is 38.2 Å². The zero-order valence-electron chi connectivity index (χ0n) is 22.3. The third-order valence-electron chi connectivity index (χ3n) is 7.47. The summed E-state index contributed by atoms with van der Waals surface area (Å²) in [5, 5.41) is 3.34. The van der Waals surface area contributed by atoms with E-state index in [0.717, 1.165) is 49.2 Å². The smallest absolute Gasteiger partial charge is 0.177 e. The standard InChI is InChI=1S/C28H32N6O4S/c1-17-30-27-22(32-21-10-9-19(12-25(21)39(3,36)37)23-15-29-16-33(23)2)13-20(14-24(35)18-7-8-18)31-28(27)34(17)26-6-4-5-11-38-26/h9-10,12-13,15-16,18,26H,4-8,11,14H2,1-3H3,(H,31,32). The molecule has 204 valence electrons. The monoisotopic (exact) mass is 548 g/mol. The molecule has 2 aliphatic rings. The Hall–Kier alpha value is -3.57. The van der Waals surface area contributed by atoms with Crippen molar-refractivity contribution in [2.75, 3.05) is 18.2 Å². The van der Waals surface area contributed by atoms with Gasteiger partial charge in [0.05, 0.1) is 40.2 Å². The summed E-state index contributed by atoms with van der Waals surface area (Å²) in [4.78, 5) is 26.8. The van der Waals surface area contributed by atoms with Crippen molar-refractivity contribution in [3.63, 3.8) is 0 Å². The normalized spacial score (nSPS) is 18.0. The van der Waals surface area contributed by atoms with E-state index in [1.165, 1.54) is 6.26 Å². The number of carbonyl (C=O) groups excluding carboxylic acids is 1. The predicted molar refractivity (Wildman–Crippen MR) is 148 cm³/mol. The molecule has 0 bridgehead atoms. The highest BCUT2D eigenvalue weighted by atomic mass is 32.2. The molecular formula is C28H32N6O4S. The molecule has 1 aliphatic heterocycles. The average Bonchev–Trinajstić information content (AvgIpc) is 3.58. The number of benzene rings is 1. The summed E-state index contributed by atoms with van der Waals surface area (Å²) in [7, 11) is -1.73. The second kappa shape index (κ2) is 9.87. The molecule has 4 aromatic rings. The fraction of sp³-hybridized carbons (Fsp3) is 0.429. The molecule has 10 nitrogen and oxygen atoms in total. The van der Waals surface area contributed by atoms with Crippen molar-refractivity contribution in [2.45, 2.75) is 56.6 Å². The van der Waals surface area contributed by atoms with Crippen molar-refractivity contribution in [3.8, 4) is 11.3 Å². The fourth-order valence-electron chi connectivity index (χ4n) is 5.28. The van der Waals surface area contributed by atoms with Crippen LogP contribution in [-0.4, -0.2) is 51.1 Å². The van der Waals surface area contributed by atoms with E-state index in [2.05, 4.69) is 10.3 Å². The SMILES string of the molecule is Cc1nc2c(Nc3ccc(-c4cncn4C)cc3S(C)(=O)=O)cc(CC(=O)C3CC3)nc2n1C1CCCCO1. The minimum absolute atomic E-state index is 0.114. The number of nitrogens with zero attached hydrogens (tertiary/aromatic N) is 5. The topological polar surface area (TPSA) is 121 Å². The molecule has 1 atom stereocenters. The largest absolute Gasteiger partial charge is 0.358 e. The van der Waals surface area contributed by atoms with Crippen LogP contribution in [0.2, 0.25) is 0 Å². The molecule has 39 heavy (non-hydrogen) atoms. The van der Waals surface area contributed by atoms with Gasteiger partial charge >= 0.3 is 0 Å². The third-order valence-corrected chi connectivity index (χ3v) is 8.61. The summed E-state index contributed by atoms with van der Waals surface area (Å²) in [6, 6.07) is 7.10. The van der Waals surface area contributed by atoms with Crippen LogP contribution in [0.4, 0.5) is 11.4 Å². The minimum Gasteiger partial charge on any atom is -0.358 e. The van der Waals surface area contributed by atoms with E-state index in [0.29, 0.717) is 34.8 Å². The Labute approximate surface area is 227 Å². The van der Waals surface area contributed by atoms with E-state index in [9.17, 15) is 13.2 Å². The minimum atomic E-state index is -3.59. The first kappa shape index (κ1) is 25.7. The molecular weight excluding hydrogens is 516 g/mol. The number of ether oxygens (including phenoxy) is 1. The quantitative estimate of drug-likeness (QED) is 0.341. The summed E-state index contributed by atoms with van der Waals surface area (Å²) in [5.74, 6) is 1.05. The third kappa shape index (κ3) is 5.08. The maximum absolute atomic E-state index is 12.9. The number of fused-ring (bicyclic) bond motifs is 1. The zero-order valence-corrected chi connectivity index (χ0v) is 23.2. The Morgan fingerprint density at radius 1 is 1.13 bits per heavy atom. The molecule has 1 aliphatic carbocycles.